The van der Waals surface area contributed by atoms with Crippen molar-refractivity contribution in [2.75, 3.05) is 0 Å². The quantitative estimate of drug-likeness (QED) is 0.187. The van der Waals surface area contributed by atoms with E-state index in [4.69, 9.17) is 23.8 Å². The molecule has 0 atom stereocenters. The van der Waals surface area contributed by atoms with E-state index in [0.717, 1.165) is 82.8 Å². The van der Waals surface area contributed by atoms with E-state index in [1.54, 1.807) is 0 Å². The van der Waals surface area contributed by atoms with Crippen LogP contribution in [-0.2, 0) is 0 Å². The lowest BCUT2D eigenvalue weighted by Crippen LogP contribution is -2.00. The highest BCUT2D eigenvalue weighted by atomic mass is 16.3. The highest BCUT2D eigenvalue weighted by Gasteiger charge is 2.17. The van der Waals surface area contributed by atoms with Gasteiger partial charge in [0.1, 0.15) is 22.3 Å². The zero-order valence-electron chi connectivity index (χ0n) is 26.7. The van der Waals surface area contributed by atoms with E-state index < -0.39 is 0 Å². The first-order valence-electron chi connectivity index (χ1n) is 16.6. The Morgan fingerprint density at radius 2 is 0.720 bits per heavy atom. The molecule has 10 aromatic rings. The number of nitrogens with zero attached hydrogens (tertiary/aromatic N) is 3. The molecule has 3 aromatic heterocycles. The van der Waals surface area contributed by atoms with Crippen LogP contribution in [0.4, 0.5) is 0 Å². The molecule has 10 rings (SSSR count). The minimum absolute atomic E-state index is 0.610. The molecule has 234 valence electrons. The summed E-state index contributed by atoms with van der Waals surface area (Å²) in [4.78, 5) is 15.1. The van der Waals surface area contributed by atoms with Crippen molar-refractivity contribution in [3.8, 4) is 56.4 Å². The predicted molar refractivity (Wildman–Crippen MR) is 202 cm³/mol. The number of para-hydroxylation sites is 2. The summed E-state index contributed by atoms with van der Waals surface area (Å²) in [6, 6.07) is 55.7. The normalized spacial score (nSPS) is 11.6. The van der Waals surface area contributed by atoms with Gasteiger partial charge >= 0.3 is 0 Å². The molecule has 0 aliphatic rings. The Morgan fingerprint density at radius 1 is 0.300 bits per heavy atom. The topological polar surface area (TPSA) is 65.0 Å². The van der Waals surface area contributed by atoms with Gasteiger partial charge in [0.25, 0.3) is 0 Å². The largest absolute Gasteiger partial charge is 0.456 e. The summed E-state index contributed by atoms with van der Waals surface area (Å²) in [6.45, 7) is 0. The molecule has 0 saturated heterocycles. The third kappa shape index (κ3) is 4.67. The first-order chi connectivity index (χ1) is 24.8. The summed E-state index contributed by atoms with van der Waals surface area (Å²) in [5.74, 6) is 1.84. The highest BCUT2D eigenvalue weighted by molar-refractivity contribution is 6.13. The summed E-state index contributed by atoms with van der Waals surface area (Å²) in [7, 11) is 0. The maximum absolute atomic E-state index is 6.19. The fourth-order valence-electron chi connectivity index (χ4n) is 7.01. The lowest BCUT2D eigenvalue weighted by atomic mass is 9.97. The number of hydrogen-bond donors (Lipinski definition) is 0. The zero-order chi connectivity index (χ0) is 33.0. The second kappa shape index (κ2) is 11.4. The maximum atomic E-state index is 6.19. The van der Waals surface area contributed by atoms with Gasteiger partial charge in [-0.25, -0.2) is 15.0 Å². The van der Waals surface area contributed by atoms with Gasteiger partial charge in [-0.3, -0.25) is 0 Å². The summed E-state index contributed by atoms with van der Waals surface area (Å²) < 4.78 is 12.4. The van der Waals surface area contributed by atoms with Crippen LogP contribution in [0.25, 0.3) is 100 Å². The molecular weight excluding hydrogens is 615 g/mol. The van der Waals surface area contributed by atoms with E-state index in [2.05, 4.69) is 78.9 Å². The van der Waals surface area contributed by atoms with Crippen LogP contribution in [0.1, 0.15) is 0 Å². The Kier molecular flexibility index (Phi) is 6.42. The molecule has 5 heteroatoms. The monoisotopic (exact) mass is 641 g/mol. The summed E-state index contributed by atoms with van der Waals surface area (Å²) in [5, 5.41) is 4.42. The maximum Gasteiger partial charge on any atom is 0.164 e. The van der Waals surface area contributed by atoms with Gasteiger partial charge in [-0.2, -0.15) is 0 Å². The predicted octanol–water partition coefficient (Wildman–Crippen LogP) is 12.0. The average molecular weight is 642 g/mol. The van der Waals surface area contributed by atoms with Crippen molar-refractivity contribution in [3.63, 3.8) is 0 Å². The Labute approximate surface area is 287 Å². The SMILES string of the molecule is c1ccc(-c2nc(-c3ccc(-c4cccc5oc6ccccc6c45)cc3)nc(-c3cccc(-c4cccc5oc6ccccc6c45)c3)n2)cc1. The molecule has 5 nitrogen and oxygen atoms in total. The highest BCUT2D eigenvalue weighted by Crippen LogP contribution is 2.39. The van der Waals surface area contributed by atoms with Gasteiger partial charge in [-0.15, -0.1) is 0 Å². The van der Waals surface area contributed by atoms with Crippen molar-refractivity contribution in [1.29, 1.82) is 0 Å². The summed E-state index contributed by atoms with van der Waals surface area (Å²) >= 11 is 0. The van der Waals surface area contributed by atoms with Crippen LogP contribution in [0.15, 0.2) is 173 Å². The molecule has 0 bridgehead atoms. The summed E-state index contributed by atoms with van der Waals surface area (Å²) in [6.07, 6.45) is 0. The van der Waals surface area contributed by atoms with Gasteiger partial charge in [-0.05, 0) is 52.6 Å². The standard InChI is InChI=1S/C45H27N3O2/c1-2-11-29(12-3-1)43-46-44(30-25-23-28(24-26-30)33-17-9-21-39-41(33)35-15-4-6-19-37(35)49-39)48-45(47-43)32-14-8-13-31(27-32)34-18-10-22-40-42(34)36-16-5-7-20-38(36)50-40/h1-27H. The second-order valence-corrected chi connectivity index (χ2v) is 12.4. The van der Waals surface area contributed by atoms with Crippen molar-refractivity contribution in [2.45, 2.75) is 0 Å². The van der Waals surface area contributed by atoms with Gasteiger partial charge in [-0.1, -0.05) is 133 Å². The fraction of sp³-hybridized carbons (Fsp3) is 0. The third-order valence-electron chi connectivity index (χ3n) is 9.36. The minimum Gasteiger partial charge on any atom is -0.456 e. The molecule has 0 fully saturated rings. The number of fused-ring (bicyclic) bond motifs is 6. The molecule has 0 aliphatic carbocycles. The van der Waals surface area contributed by atoms with Crippen molar-refractivity contribution >= 4 is 43.9 Å². The molecule has 0 spiro atoms. The lowest BCUT2D eigenvalue weighted by Gasteiger charge is -2.11. The molecule has 0 amide bonds. The van der Waals surface area contributed by atoms with Crippen molar-refractivity contribution < 1.29 is 8.83 Å². The van der Waals surface area contributed by atoms with Gasteiger partial charge in [0.05, 0.1) is 0 Å². The van der Waals surface area contributed by atoms with Crippen LogP contribution in [0.2, 0.25) is 0 Å². The minimum atomic E-state index is 0.610. The van der Waals surface area contributed by atoms with Crippen molar-refractivity contribution in [2.24, 2.45) is 0 Å². The lowest BCUT2D eigenvalue weighted by molar-refractivity contribution is 0.668. The van der Waals surface area contributed by atoms with Crippen molar-refractivity contribution in [1.82, 2.24) is 15.0 Å². The number of aromatic nitrogens is 3. The summed E-state index contributed by atoms with van der Waals surface area (Å²) in [5.41, 5.74) is 10.6. The second-order valence-electron chi connectivity index (χ2n) is 12.4. The van der Waals surface area contributed by atoms with E-state index in [0.29, 0.717) is 17.5 Å². The van der Waals surface area contributed by atoms with Gasteiger partial charge in [0.15, 0.2) is 17.5 Å². The Balaban J connectivity index is 1.09. The Morgan fingerprint density at radius 3 is 1.34 bits per heavy atom. The average Bonchev–Trinajstić information content (AvgIpc) is 3.77. The first kappa shape index (κ1) is 28.2. The molecule has 0 saturated carbocycles. The first-order valence-corrected chi connectivity index (χ1v) is 16.6. The smallest absolute Gasteiger partial charge is 0.164 e. The van der Waals surface area contributed by atoms with Crippen LogP contribution in [-0.4, -0.2) is 15.0 Å². The fourth-order valence-corrected chi connectivity index (χ4v) is 7.01. The molecule has 50 heavy (non-hydrogen) atoms. The van der Waals surface area contributed by atoms with Crippen molar-refractivity contribution in [3.05, 3.63) is 164 Å². The van der Waals surface area contributed by atoms with Crippen LogP contribution in [0.5, 0.6) is 0 Å². The van der Waals surface area contributed by atoms with Gasteiger partial charge < -0.3 is 8.83 Å². The number of rotatable bonds is 5. The van der Waals surface area contributed by atoms with E-state index in [1.807, 2.05) is 84.9 Å². The van der Waals surface area contributed by atoms with Crippen LogP contribution < -0.4 is 0 Å². The van der Waals surface area contributed by atoms with Crippen LogP contribution >= 0.6 is 0 Å². The van der Waals surface area contributed by atoms with Gasteiger partial charge in [0.2, 0.25) is 0 Å². The molecule has 0 unspecified atom stereocenters. The van der Waals surface area contributed by atoms with Crippen LogP contribution in [0.3, 0.4) is 0 Å². The molecule has 0 radical (unpaired) electrons. The molecule has 0 aliphatic heterocycles. The van der Waals surface area contributed by atoms with Crippen LogP contribution in [0, 0.1) is 0 Å². The number of furan rings is 2. The van der Waals surface area contributed by atoms with E-state index >= 15 is 0 Å². The number of hydrogen-bond acceptors (Lipinski definition) is 5. The Hall–Kier alpha value is -6.85. The van der Waals surface area contributed by atoms with E-state index in [9.17, 15) is 0 Å². The zero-order valence-corrected chi connectivity index (χ0v) is 26.7. The van der Waals surface area contributed by atoms with Gasteiger partial charge in [0, 0.05) is 38.2 Å². The number of benzene rings is 7. The molecule has 3 heterocycles. The van der Waals surface area contributed by atoms with E-state index in [1.165, 1.54) is 0 Å². The Bertz CT molecular complexity index is 2870. The van der Waals surface area contributed by atoms with E-state index in [-0.39, 0.29) is 0 Å². The third-order valence-corrected chi connectivity index (χ3v) is 9.36. The molecule has 0 N–H and O–H groups in total. The molecular formula is C45H27N3O2. The molecule has 7 aromatic carbocycles.